The number of thioether (sulfide) groups is 1. The summed E-state index contributed by atoms with van der Waals surface area (Å²) in [6.07, 6.45) is 0.341. The Kier molecular flexibility index (Phi) is 5.80. The van der Waals surface area contributed by atoms with Crippen LogP contribution in [0.2, 0.25) is 0 Å². The van der Waals surface area contributed by atoms with Crippen molar-refractivity contribution >= 4 is 45.0 Å². The Morgan fingerprint density at radius 3 is 2.83 bits per heavy atom. The SMILES string of the molecule is CCN(CCC#N)C(=O)CSc1nc(N)c2c(C)c(C)sc2n1. The maximum absolute atomic E-state index is 12.2. The van der Waals surface area contributed by atoms with Crippen molar-refractivity contribution in [3.8, 4) is 6.07 Å². The summed E-state index contributed by atoms with van der Waals surface area (Å²) in [6.45, 7) is 6.99. The van der Waals surface area contributed by atoms with Gasteiger partial charge in [0.15, 0.2) is 5.16 Å². The molecule has 2 heterocycles. The number of fused-ring (bicyclic) bond motifs is 1. The second-order valence-electron chi connectivity index (χ2n) is 5.03. The molecule has 2 aromatic heterocycles. The smallest absolute Gasteiger partial charge is 0.233 e. The quantitative estimate of drug-likeness (QED) is 0.636. The summed E-state index contributed by atoms with van der Waals surface area (Å²) < 4.78 is 0. The molecule has 0 unspecified atom stereocenters. The number of rotatable bonds is 6. The standard InChI is InChI=1S/C15H19N5OS2/c1-4-20(7-5-6-16)11(21)8-22-15-18-13(17)12-9(2)10(3)23-14(12)19-15/h4-5,7-8H2,1-3H3,(H2,17,18,19). The van der Waals surface area contributed by atoms with Crippen molar-refractivity contribution in [2.24, 2.45) is 0 Å². The van der Waals surface area contributed by atoms with E-state index in [0.717, 1.165) is 15.8 Å². The summed E-state index contributed by atoms with van der Waals surface area (Å²) in [6, 6.07) is 2.06. The summed E-state index contributed by atoms with van der Waals surface area (Å²) in [4.78, 5) is 24.7. The highest BCUT2D eigenvalue weighted by molar-refractivity contribution is 7.99. The Bertz CT molecular complexity index is 765. The number of aryl methyl sites for hydroxylation is 2. The Morgan fingerprint density at radius 1 is 1.43 bits per heavy atom. The first-order valence-electron chi connectivity index (χ1n) is 7.28. The van der Waals surface area contributed by atoms with Gasteiger partial charge in [-0.1, -0.05) is 11.8 Å². The molecule has 8 heteroatoms. The first kappa shape index (κ1) is 17.5. The van der Waals surface area contributed by atoms with Crippen LogP contribution >= 0.6 is 23.1 Å². The minimum absolute atomic E-state index is 0.0199. The lowest BCUT2D eigenvalue weighted by Crippen LogP contribution is -2.33. The predicted molar refractivity (Wildman–Crippen MR) is 94.5 cm³/mol. The van der Waals surface area contributed by atoms with Gasteiger partial charge in [-0.25, -0.2) is 9.97 Å². The third-order valence-corrected chi connectivity index (χ3v) is 5.52. The molecule has 0 aromatic carbocycles. The second-order valence-corrected chi connectivity index (χ2v) is 7.17. The highest BCUT2D eigenvalue weighted by Gasteiger charge is 2.16. The van der Waals surface area contributed by atoms with E-state index in [1.54, 1.807) is 16.2 Å². The lowest BCUT2D eigenvalue weighted by Gasteiger charge is -2.18. The normalized spacial score (nSPS) is 10.7. The molecule has 1 amide bonds. The van der Waals surface area contributed by atoms with E-state index in [4.69, 9.17) is 11.0 Å². The van der Waals surface area contributed by atoms with E-state index in [-0.39, 0.29) is 11.7 Å². The van der Waals surface area contributed by atoms with Crippen LogP contribution in [0.25, 0.3) is 10.2 Å². The van der Waals surface area contributed by atoms with Crippen molar-refractivity contribution in [2.75, 3.05) is 24.6 Å². The molecule has 2 N–H and O–H groups in total. The van der Waals surface area contributed by atoms with Gasteiger partial charge in [0.2, 0.25) is 5.91 Å². The fraction of sp³-hybridized carbons (Fsp3) is 0.467. The molecule has 0 saturated heterocycles. The average Bonchev–Trinajstić information content (AvgIpc) is 2.81. The molecular weight excluding hydrogens is 330 g/mol. The van der Waals surface area contributed by atoms with Crippen molar-refractivity contribution in [1.29, 1.82) is 5.26 Å². The molecule has 0 atom stereocenters. The maximum atomic E-state index is 12.2. The van der Waals surface area contributed by atoms with Crippen LogP contribution < -0.4 is 5.73 Å². The van der Waals surface area contributed by atoms with E-state index in [0.29, 0.717) is 30.5 Å². The third kappa shape index (κ3) is 3.92. The fourth-order valence-electron chi connectivity index (χ4n) is 2.19. The first-order chi connectivity index (χ1) is 11.0. The van der Waals surface area contributed by atoms with Crippen molar-refractivity contribution in [2.45, 2.75) is 32.3 Å². The Morgan fingerprint density at radius 2 is 2.17 bits per heavy atom. The number of carbonyl (C=O) groups excluding carboxylic acids is 1. The minimum atomic E-state index is -0.0199. The van der Waals surface area contributed by atoms with Crippen LogP contribution in [0.1, 0.15) is 23.8 Å². The zero-order valence-electron chi connectivity index (χ0n) is 13.4. The number of carbonyl (C=O) groups is 1. The van der Waals surface area contributed by atoms with Gasteiger partial charge in [-0.2, -0.15) is 5.26 Å². The average molecular weight is 349 g/mol. The van der Waals surface area contributed by atoms with Crippen molar-refractivity contribution < 1.29 is 4.79 Å². The maximum Gasteiger partial charge on any atom is 0.233 e. The van der Waals surface area contributed by atoms with Gasteiger partial charge >= 0.3 is 0 Å². The number of anilines is 1. The zero-order valence-corrected chi connectivity index (χ0v) is 15.1. The number of thiophene rings is 1. The summed E-state index contributed by atoms with van der Waals surface area (Å²) >= 11 is 2.87. The molecule has 0 aliphatic carbocycles. The summed E-state index contributed by atoms with van der Waals surface area (Å²) in [5.41, 5.74) is 7.15. The van der Waals surface area contributed by atoms with E-state index in [9.17, 15) is 4.79 Å². The monoisotopic (exact) mass is 349 g/mol. The molecule has 2 rings (SSSR count). The number of nitrogens with zero attached hydrogens (tertiary/aromatic N) is 4. The molecule has 0 aliphatic rings. The van der Waals surface area contributed by atoms with E-state index in [2.05, 4.69) is 16.0 Å². The second kappa shape index (κ2) is 7.62. The summed E-state index contributed by atoms with van der Waals surface area (Å²) in [5.74, 6) is 0.685. The van der Waals surface area contributed by atoms with Gasteiger partial charge in [-0.3, -0.25) is 4.79 Å². The summed E-state index contributed by atoms with van der Waals surface area (Å²) in [5, 5.41) is 10.1. The van der Waals surface area contributed by atoms with Gasteiger partial charge in [0.05, 0.1) is 23.6 Å². The van der Waals surface area contributed by atoms with E-state index in [1.165, 1.54) is 16.6 Å². The van der Waals surface area contributed by atoms with Gasteiger partial charge in [-0.15, -0.1) is 11.3 Å². The van der Waals surface area contributed by atoms with Gasteiger partial charge in [0.1, 0.15) is 10.6 Å². The first-order valence-corrected chi connectivity index (χ1v) is 9.08. The highest BCUT2D eigenvalue weighted by Crippen LogP contribution is 2.33. The molecule has 0 spiro atoms. The Labute approximate surface area is 143 Å². The molecule has 0 aliphatic heterocycles. The van der Waals surface area contributed by atoms with Crippen LogP contribution in [0.4, 0.5) is 5.82 Å². The molecule has 0 saturated carbocycles. The number of nitriles is 1. The van der Waals surface area contributed by atoms with E-state index < -0.39 is 0 Å². The van der Waals surface area contributed by atoms with Crippen LogP contribution in [0.15, 0.2) is 5.16 Å². The third-order valence-electron chi connectivity index (χ3n) is 3.59. The molecule has 0 fully saturated rings. The van der Waals surface area contributed by atoms with Crippen LogP contribution in [0.3, 0.4) is 0 Å². The number of amides is 1. The van der Waals surface area contributed by atoms with E-state index in [1.807, 2.05) is 20.8 Å². The van der Waals surface area contributed by atoms with Crippen LogP contribution in [-0.2, 0) is 4.79 Å². The molecule has 6 nitrogen and oxygen atoms in total. The van der Waals surface area contributed by atoms with Crippen molar-refractivity contribution in [1.82, 2.24) is 14.9 Å². The molecule has 23 heavy (non-hydrogen) atoms. The Balaban J connectivity index is 2.10. The van der Waals surface area contributed by atoms with Gasteiger partial charge in [0, 0.05) is 18.0 Å². The minimum Gasteiger partial charge on any atom is -0.383 e. The Hall–Kier alpha value is -1.85. The molecular formula is C15H19N5OS2. The van der Waals surface area contributed by atoms with Gasteiger partial charge in [0.25, 0.3) is 0 Å². The predicted octanol–water partition coefficient (Wildman–Crippen LogP) is 2.74. The van der Waals surface area contributed by atoms with Crippen LogP contribution in [-0.4, -0.2) is 39.6 Å². The van der Waals surface area contributed by atoms with Crippen molar-refractivity contribution in [3.63, 3.8) is 0 Å². The topological polar surface area (TPSA) is 95.9 Å². The van der Waals surface area contributed by atoms with Gasteiger partial charge in [-0.05, 0) is 26.3 Å². The molecule has 2 aromatic rings. The lowest BCUT2D eigenvalue weighted by atomic mass is 10.2. The number of hydrogen-bond acceptors (Lipinski definition) is 7. The fourth-order valence-corrected chi connectivity index (χ4v) is 4.04. The summed E-state index contributed by atoms with van der Waals surface area (Å²) in [7, 11) is 0. The van der Waals surface area contributed by atoms with Crippen LogP contribution in [0.5, 0.6) is 0 Å². The van der Waals surface area contributed by atoms with Crippen LogP contribution in [0, 0.1) is 25.2 Å². The lowest BCUT2D eigenvalue weighted by molar-refractivity contribution is -0.128. The number of hydrogen-bond donors (Lipinski definition) is 1. The zero-order chi connectivity index (χ0) is 17.0. The number of nitrogen functional groups attached to an aromatic ring is 1. The molecule has 0 radical (unpaired) electrons. The molecule has 122 valence electrons. The van der Waals surface area contributed by atoms with E-state index >= 15 is 0 Å². The highest BCUT2D eigenvalue weighted by atomic mass is 32.2. The van der Waals surface area contributed by atoms with Gasteiger partial charge < -0.3 is 10.6 Å². The van der Waals surface area contributed by atoms with Crippen molar-refractivity contribution in [3.05, 3.63) is 10.4 Å². The number of nitrogens with two attached hydrogens (primary N) is 1. The molecule has 0 bridgehead atoms. The largest absolute Gasteiger partial charge is 0.383 e. The number of aromatic nitrogens is 2.